The Morgan fingerprint density at radius 2 is 0.562 bits per heavy atom. The number of carbonyl (C=O) groups is 1. The van der Waals surface area contributed by atoms with Gasteiger partial charge in [0.15, 0.2) is 0 Å². The van der Waals surface area contributed by atoms with Crippen molar-refractivity contribution in [3.63, 3.8) is 0 Å². The molecule has 0 spiro atoms. The van der Waals surface area contributed by atoms with E-state index in [0.29, 0.717) is 6.42 Å². The summed E-state index contributed by atoms with van der Waals surface area (Å²) in [5.74, 6) is -0.877. The van der Waals surface area contributed by atoms with E-state index in [9.17, 15) is 9.90 Å². The van der Waals surface area contributed by atoms with Crippen LogP contribution in [0.5, 0.6) is 0 Å². The number of carboxylic acid groups (broad SMARTS) is 1. The Hall–Kier alpha value is 1.07. The number of unbranched alkanes of at least 4 members (excludes halogenated alkanes) is 34. The van der Waals surface area contributed by atoms with Crippen molar-refractivity contribution in [3.8, 4) is 0 Å². The van der Waals surface area contributed by atoms with Crippen LogP contribution >= 0.6 is 0 Å². The molecule has 0 rings (SSSR count). The number of aliphatic carboxylic acids is 1. The minimum atomic E-state index is -0.877. The second-order valence-electron chi connectivity index (χ2n) is 15.3. The average molecular weight is 702 g/mol. The van der Waals surface area contributed by atoms with Gasteiger partial charge < -0.3 is 9.90 Å². The van der Waals surface area contributed by atoms with Crippen LogP contribution in [-0.4, -0.2) is 30.0 Å². The molecule has 0 aromatic carbocycles. The molecule has 0 saturated carbocycles. The summed E-state index contributed by atoms with van der Waals surface area (Å²) in [6, 6.07) is -0.411. The van der Waals surface area contributed by atoms with Crippen LogP contribution in [0.1, 0.15) is 258 Å². The summed E-state index contributed by atoms with van der Waals surface area (Å²) >= 11 is 0. The molecule has 0 amide bonds. The van der Waals surface area contributed by atoms with Crippen LogP contribution in [0, 0.1) is 0 Å². The van der Waals surface area contributed by atoms with Gasteiger partial charge in [-0.1, -0.05) is 239 Å². The minimum absolute atomic E-state index is 0. The van der Waals surface area contributed by atoms with Crippen molar-refractivity contribution in [2.75, 3.05) is 13.1 Å². The topological polar surface area (TPSA) is 43.4 Å². The van der Waals surface area contributed by atoms with E-state index in [1.807, 2.05) is 6.92 Å². The fourth-order valence-electron chi connectivity index (χ4n) is 7.43. The molecule has 0 bridgehead atoms. The van der Waals surface area contributed by atoms with Crippen LogP contribution in [0.4, 0.5) is 0 Å². The van der Waals surface area contributed by atoms with Gasteiger partial charge in [-0.2, -0.15) is 0 Å². The fourth-order valence-corrected chi connectivity index (χ4v) is 7.43. The van der Waals surface area contributed by atoms with Crippen molar-refractivity contribution >= 4 is 5.97 Å². The van der Waals surface area contributed by atoms with Gasteiger partial charge in [-0.05, 0) is 32.4 Å². The molecule has 3 nitrogen and oxygen atoms in total. The molecular weight excluding hydrogens is 614 g/mol. The van der Waals surface area contributed by atoms with Crippen LogP contribution in [-0.2, 0) is 4.79 Å². The predicted molar refractivity (Wildman–Crippen MR) is 208 cm³/mol. The Labute approximate surface area is 346 Å². The van der Waals surface area contributed by atoms with Gasteiger partial charge >= 0.3 is 51.4 Å². The first-order valence-corrected chi connectivity index (χ1v) is 22.1. The Morgan fingerprint density at radius 3 is 0.729 bits per heavy atom. The normalized spacial score (nSPS) is 12.1. The van der Waals surface area contributed by atoms with Crippen LogP contribution in [0.3, 0.4) is 0 Å². The molecule has 0 aliphatic heterocycles. The monoisotopic (exact) mass is 702 g/mol. The van der Waals surface area contributed by atoms with Crippen molar-refractivity contribution in [3.05, 3.63) is 0 Å². The van der Waals surface area contributed by atoms with E-state index in [-0.39, 0.29) is 51.4 Å². The van der Waals surface area contributed by atoms with Crippen molar-refractivity contribution in [1.82, 2.24) is 4.90 Å². The van der Waals surface area contributed by atoms with Gasteiger partial charge in [0, 0.05) is 6.04 Å². The molecule has 0 saturated heterocycles. The summed E-state index contributed by atoms with van der Waals surface area (Å²) in [4.78, 5) is 14.0. The predicted octanol–water partition coefficient (Wildman–Crippen LogP) is 10.9. The molecule has 0 aromatic heterocycles. The number of hydrogen-bond acceptors (Lipinski definition) is 3. The molecule has 0 heterocycles. The van der Waals surface area contributed by atoms with Gasteiger partial charge in [0.25, 0.3) is 0 Å². The van der Waals surface area contributed by atoms with Crippen molar-refractivity contribution in [1.29, 1.82) is 0 Å². The molecule has 48 heavy (non-hydrogen) atoms. The van der Waals surface area contributed by atoms with Crippen molar-refractivity contribution in [2.24, 2.45) is 0 Å². The number of carbonyl (C=O) groups excluding carboxylic acids is 1. The zero-order valence-electron chi connectivity index (χ0n) is 33.9. The quantitative estimate of drug-likeness (QED) is 0.0471. The molecule has 4 heteroatoms. The summed E-state index contributed by atoms with van der Waals surface area (Å²) in [6.45, 7) is 8.43. The fraction of sp³-hybridized carbons (Fsp3) is 0.977. The Bertz CT molecular complexity index is 560. The summed E-state index contributed by atoms with van der Waals surface area (Å²) in [7, 11) is 0. The standard InChI is InChI=1S/C44H89NO2.K/c1-4-7-9-11-13-15-17-19-21-23-25-27-29-31-33-35-37-39-41-45(43(6-3)44(46)47)42-40-38-36-34-32-30-28-26-24-22-20-18-16-14-12-10-8-5-2;/h43H,4-42H2,1-3H3,(H,46,47);/q;+1/p-1. The number of rotatable bonds is 41. The number of carboxylic acids is 1. The molecule has 0 aromatic rings. The molecular formula is C44H88KNO2. The van der Waals surface area contributed by atoms with Crippen molar-refractivity contribution in [2.45, 2.75) is 264 Å². The van der Waals surface area contributed by atoms with E-state index in [1.165, 1.54) is 218 Å². The third-order valence-corrected chi connectivity index (χ3v) is 10.7. The molecule has 0 aliphatic carbocycles. The summed E-state index contributed by atoms with van der Waals surface area (Å²) < 4.78 is 0. The first-order valence-electron chi connectivity index (χ1n) is 22.1. The van der Waals surface area contributed by atoms with Gasteiger partial charge in [0.2, 0.25) is 0 Å². The van der Waals surface area contributed by atoms with Gasteiger partial charge in [0.05, 0.1) is 5.97 Å². The Kier molecular flexibility index (Phi) is 47.2. The molecule has 0 radical (unpaired) electrons. The smallest absolute Gasteiger partial charge is 0.548 e. The average Bonchev–Trinajstić information content (AvgIpc) is 3.07. The second-order valence-corrected chi connectivity index (χ2v) is 15.3. The molecule has 1 unspecified atom stereocenters. The summed E-state index contributed by atoms with van der Waals surface area (Å²) in [5, 5.41) is 11.8. The number of hydrogen-bond donors (Lipinski definition) is 0. The molecule has 0 N–H and O–H groups in total. The van der Waals surface area contributed by atoms with E-state index in [1.54, 1.807) is 0 Å². The molecule has 282 valence electrons. The van der Waals surface area contributed by atoms with E-state index in [4.69, 9.17) is 0 Å². The first-order chi connectivity index (χ1) is 23.2. The van der Waals surface area contributed by atoms with Gasteiger partial charge in [-0.3, -0.25) is 4.90 Å². The van der Waals surface area contributed by atoms with Crippen LogP contribution < -0.4 is 56.5 Å². The third-order valence-electron chi connectivity index (χ3n) is 10.7. The Morgan fingerprint density at radius 1 is 0.375 bits per heavy atom. The molecule has 0 fully saturated rings. The second kappa shape index (κ2) is 44.2. The zero-order chi connectivity index (χ0) is 34.3. The van der Waals surface area contributed by atoms with Gasteiger partial charge in [0.1, 0.15) is 0 Å². The van der Waals surface area contributed by atoms with E-state index in [0.717, 1.165) is 25.9 Å². The Balaban J connectivity index is 0. The SMILES string of the molecule is CCCCCCCCCCCCCCCCCCCCN(CCCCCCCCCCCCCCCCCCCC)C(CC)C(=O)[O-].[K+]. The maximum atomic E-state index is 11.8. The van der Waals surface area contributed by atoms with Crippen LogP contribution in [0.15, 0.2) is 0 Å². The van der Waals surface area contributed by atoms with Crippen LogP contribution in [0.25, 0.3) is 0 Å². The maximum Gasteiger partial charge on any atom is 1.00 e. The molecule has 1 atom stereocenters. The third kappa shape index (κ3) is 38.3. The minimum Gasteiger partial charge on any atom is -0.548 e. The summed E-state index contributed by atoms with van der Waals surface area (Å²) in [6.07, 6.45) is 50.5. The maximum absolute atomic E-state index is 11.8. The first kappa shape index (κ1) is 51.2. The molecule has 0 aliphatic rings. The van der Waals surface area contributed by atoms with Gasteiger partial charge in [-0.15, -0.1) is 0 Å². The summed E-state index contributed by atoms with van der Waals surface area (Å²) in [5.41, 5.74) is 0. The zero-order valence-corrected chi connectivity index (χ0v) is 37.0. The van der Waals surface area contributed by atoms with E-state index in [2.05, 4.69) is 18.7 Å². The number of nitrogens with zero attached hydrogens (tertiary/aromatic N) is 1. The van der Waals surface area contributed by atoms with E-state index >= 15 is 0 Å². The largest absolute Gasteiger partial charge is 1.00 e. The van der Waals surface area contributed by atoms with Crippen molar-refractivity contribution < 1.29 is 61.3 Å². The van der Waals surface area contributed by atoms with Crippen LogP contribution in [0.2, 0.25) is 0 Å². The van der Waals surface area contributed by atoms with E-state index < -0.39 is 12.0 Å². The van der Waals surface area contributed by atoms with Gasteiger partial charge in [-0.25, -0.2) is 0 Å².